The van der Waals surface area contributed by atoms with Gasteiger partial charge in [0.2, 0.25) is 0 Å². The molecule has 116 valence electrons. The van der Waals surface area contributed by atoms with Crippen molar-refractivity contribution >= 4 is 11.6 Å². The third kappa shape index (κ3) is 2.96. The van der Waals surface area contributed by atoms with Crippen molar-refractivity contribution in [1.29, 1.82) is 0 Å². The Bertz CT molecular complexity index is 524. The first kappa shape index (κ1) is 15.3. The van der Waals surface area contributed by atoms with Crippen molar-refractivity contribution in [3.05, 3.63) is 34.6 Å². The number of hydrogen-bond acceptors (Lipinski definition) is 2. The van der Waals surface area contributed by atoms with Crippen molar-refractivity contribution in [2.45, 2.75) is 57.2 Å². The Morgan fingerprint density at radius 1 is 1.29 bits per heavy atom. The van der Waals surface area contributed by atoms with Crippen molar-refractivity contribution in [3.8, 4) is 0 Å². The van der Waals surface area contributed by atoms with Crippen LogP contribution >= 0.6 is 11.6 Å². The smallest absolute Gasteiger partial charge is 0.146 e. The highest BCUT2D eigenvalue weighted by molar-refractivity contribution is 6.30. The highest BCUT2D eigenvalue weighted by atomic mass is 35.5. The summed E-state index contributed by atoms with van der Waals surface area (Å²) in [5.41, 5.74) is 0.985. The van der Waals surface area contributed by atoms with Gasteiger partial charge in [-0.1, -0.05) is 36.6 Å². The van der Waals surface area contributed by atoms with E-state index >= 15 is 0 Å². The van der Waals surface area contributed by atoms with Crippen molar-refractivity contribution in [1.82, 2.24) is 10.2 Å². The second-order valence-corrected chi connectivity index (χ2v) is 7.65. The molecule has 0 atom stereocenters. The molecule has 3 rings (SSSR count). The average Bonchev–Trinajstić information content (AvgIpc) is 2.89. The van der Waals surface area contributed by atoms with E-state index in [4.69, 9.17) is 11.6 Å². The van der Waals surface area contributed by atoms with Gasteiger partial charge in [-0.25, -0.2) is 4.39 Å². The van der Waals surface area contributed by atoms with Crippen LogP contribution in [0.5, 0.6) is 0 Å². The quantitative estimate of drug-likeness (QED) is 0.889. The van der Waals surface area contributed by atoms with E-state index in [-0.39, 0.29) is 21.9 Å². The third-order valence-electron chi connectivity index (χ3n) is 5.08. The molecule has 2 nitrogen and oxygen atoms in total. The van der Waals surface area contributed by atoms with E-state index in [2.05, 4.69) is 24.1 Å². The zero-order valence-corrected chi connectivity index (χ0v) is 13.6. The monoisotopic (exact) mass is 310 g/mol. The molecule has 0 unspecified atom stereocenters. The van der Waals surface area contributed by atoms with Gasteiger partial charge in [0.05, 0.1) is 5.02 Å². The molecule has 2 fully saturated rings. The van der Waals surface area contributed by atoms with Crippen LogP contribution in [0.3, 0.4) is 0 Å². The molecule has 1 aliphatic heterocycles. The maximum Gasteiger partial charge on any atom is 0.146 e. The van der Waals surface area contributed by atoms with Crippen LogP contribution in [-0.2, 0) is 6.54 Å². The van der Waals surface area contributed by atoms with Crippen LogP contribution in [0.15, 0.2) is 18.2 Å². The van der Waals surface area contributed by atoms with Crippen LogP contribution in [-0.4, -0.2) is 29.1 Å². The van der Waals surface area contributed by atoms with E-state index < -0.39 is 0 Å². The van der Waals surface area contributed by atoms with E-state index in [0.29, 0.717) is 12.1 Å². The lowest BCUT2D eigenvalue weighted by Crippen LogP contribution is -2.67. The minimum Gasteiger partial charge on any atom is -0.309 e. The largest absolute Gasteiger partial charge is 0.309 e. The number of nitrogens with one attached hydrogen (secondary N) is 1. The summed E-state index contributed by atoms with van der Waals surface area (Å²) in [5.74, 6) is -0.261. The number of benzene rings is 1. The molecule has 1 aliphatic carbocycles. The molecule has 0 radical (unpaired) electrons. The molecule has 1 heterocycles. The molecule has 2 aliphatic rings. The van der Waals surface area contributed by atoms with Gasteiger partial charge in [-0.3, -0.25) is 4.90 Å². The van der Waals surface area contributed by atoms with Crippen LogP contribution < -0.4 is 5.32 Å². The lowest BCUT2D eigenvalue weighted by Gasteiger charge is -2.51. The molecule has 0 bridgehead atoms. The van der Waals surface area contributed by atoms with Gasteiger partial charge in [0, 0.05) is 36.3 Å². The standard InChI is InChI=1S/C17H24ClFN2/c1-16(2)12-21(17(11-20-16)8-3-4-9-17)10-13-6-5-7-14(18)15(13)19/h5-7,20H,3-4,8-12H2,1-2H3. The molecule has 4 heteroatoms. The van der Waals surface area contributed by atoms with Crippen LogP contribution in [0.2, 0.25) is 5.02 Å². The molecule has 1 saturated carbocycles. The van der Waals surface area contributed by atoms with Gasteiger partial charge in [0.1, 0.15) is 5.82 Å². The second kappa shape index (κ2) is 5.53. The maximum absolute atomic E-state index is 14.3. The molecule has 1 spiro atoms. The van der Waals surface area contributed by atoms with E-state index in [9.17, 15) is 4.39 Å². The Morgan fingerprint density at radius 2 is 2.00 bits per heavy atom. The summed E-state index contributed by atoms with van der Waals surface area (Å²) >= 11 is 5.93. The summed E-state index contributed by atoms with van der Waals surface area (Å²) in [7, 11) is 0. The van der Waals surface area contributed by atoms with Gasteiger partial charge in [-0.05, 0) is 32.8 Å². The first-order chi connectivity index (χ1) is 9.92. The first-order valence-electron chi connectivity index (χ1n) is 7.85. The Balaban J connectivity index is 1.87. The molecule has 0 aromatic heterocycles. The van der Waals surface area contributed by atoms with Crippen LogP contribution in [0.25, 0.3) is 0 Å². The van der Waals surface area contributed by atoms with E-state index in [1.54, 1.807) is 6.07 Å². The minimum absolute atomic E-state index is 0.0723. The van der Waals surface area contributed by atoms with Crippen molar-refractivity contribution < 1.29 is 4.39 Å². The molecule has 1 saturated heterocycles. The fourth-order valence-corrected chi connectivity index (χ4v) is 4.04. The predicted octanol–water partition coefficient (Wildman–Crippen LogP) is 3.98. The molecule has 1 N–H and O–H groups in total. The van der Waals surface area contributed by atoms with Gasteiger partial charge in [-0.2, -0.15) is 0 Å². The Labute approximate surface area is 131 Å². The normalized spacial score (nSPS) is 24.6. The summed E-state index contributed by atoms with van der Waals surface area (Å²) in [5, 5.41) is 3.90. The lowest BCUT2D eigenvalue weighted by molar-refractivity contribution is 0.0114. The third-order valence-corrected chi connectivity index (χ3v) is 5.37. The number of halogens is 2. The Morgan fingerprint density at radius 3 is 2.71 bits per heavy atom. The lowest BCUT2D eigenvalue weighted by atomic mass is 9.86. The Kier molecular flexibility index (Phi) is 4.02. The fraction of sp³-hybridized carbons (Fsp3) is 0.647. The zero-order chi connectivity index (χ0) is 15.1. The van der Waals surface area contributed by atoms with Crippen LogP contribution in [0.1, 0.15) is 45.1 Å². The van der Waals surface area contributed by atoms with Gasteiger partial charge < -0.3 is 5.32 Å². The molecular weight excluding hydrogens is 287 g/mol. The zero-order valence-electron chi connectivity index (χ0n) is 12.9. The highest BCUT2D eigenvalue weighted by Gasteiger charge is 2.45. The van der Waals surface area contributed by atoms with Crippen LogP contribution in [0, 0.1) is 5.82 Å². The average molecular weight is 311 g/mol. The predicted molar refractivity (Wildman–Crippen MR) is 85.1 cm³/mol. The highest BCUT2D eigenvalue weighted by Crippen LogP contribution is 2.39. The number of hydrogen-bond donors (Lipinski definition) is 1. The summed E-state index contributed by atoms with van der Waals surface area (Å²) < 4.78 is 14.3. The van der Waals surface area contributed by atoms with Crippen molar-refractivity contribution in [2.75, 3.05) is 13.1 Å². The van der Waals surface area contributed by atoms with E-state index in [1.165, 1.54) is 25.7 Å². The van der Waals surface area contributed by atoms with Crippen molar-refractivity contribution in [3.63, 3.8) is 0 Å². The maximum atomic E-state index is 14.3. The van der Waals surface area contributed by atoms with Gasteiger partial charge in [-0.15, -0.1) is 0 Å². The SMILES string of the molecule is CC1(C)CN(Cc2cccc(Cl)c2F)C2(CCCC2)CN1. The summed E-state index contributed by atoms with van der Waals surface area (Å²) in [4.78, 5) is 2.49. The number of rotatable bonds is 2. The second-order valence-electron chi connectivity index (χ2n) is 7.24. The molecule has 1 aromatic rings. The van der Waals surface area contributed by atoms with Gasteiger partial charge >= 0.3 is 0 Å². The van der Waals surface area contributed by atoms with E-state index in [0.717, 1.165) is 13.1 Å². The topological polar surface area (TPSA) is 15.3 Å². The fourth-order valence-electron chi connectivity index (χ4n) is 3.84. The molecule has 21 heavy (non-hydrogen) atoms. The number of nitrogens with zero attached hydrogens (tertiary/aromatic N) is 1. The minimum atomic E-state index is -0.261. The van der Waals surface area contributed by atoms with Crippen molar-refractivity contribution in [2.24, 2.45) is 0 Å². The summed E-state index contributed by atoms with van der Waals surface area (Å²) in [6, 6.07) is 5.32. The summed E-state index contributed by atoms with van der Waals surface area (Å²) in [6.45, 7) is 7.03. The Hall–Kier alpha value is -0.640. The molecular formula is C17H24ClFN2. The van der Waals surface area contributed by atoms with E-state index in [1.807, 2.05) is 12.1 Å². The van der Waals surface area contributed by atoms with Gasteiger partial charge in [0.25, 0.3) is 0 Å². The molecule has 0 amide bonds. The first-order valence-corrected chi connectivity index (χ1v) is 8.23. The van der Waals surface area contributed by atoms with Crippen LogP contribution in [0.4, 0.5) is 4.39 Å². The van der Waals surface area contributed by atoms with Gasteiger partial charge in [0.15, 0.2) is 0 Å². The molecule has 1 aromatic carbocycles. The summed E-state index contributed by atoms with van der Waals surface area (Å²) in [6.07, 6.45) is 4.96. The number of piperazine rings is 1.